The second kappa shape index (κ2) is 7.58. The van der Waals surface area contributed by atoms with Crippen molar-refractivity contribution < 1.29 is 9.21 Å². The van der Waals surface area contributed by atoms with Gasteiger partial charge in [0.25, 0.3) is 0 Å². The lowest BCUT2D eigenvalue weighted by Gasteiger charge is -2.15. The average molecular weight is 350 g/mol. The van der Waals surface area contributed by atoms with Gasteiger partial charge in [0, 0.05) is 19.5 Å². The third-order valence-corrected chi connectivity index (χ3v) is 4.67. The molecule has 1 amide bonds. The van der Waals surface area contributed by atoms with Crippen LogP contribution in [0.5, 0.6) is 0 Å². The summed E-state index contributed by atoms with van der Waals surface area (Å²) in [7, 11) is 0. The summed E-state index contributed by atoms with van der Waals surface area (Å²) in [5.41, 5.74) is 3.13. The molecular weight excluding hydrogens is 328 g/mol. The zero-order valence-corrected chi connectivity index (χ0v) is 14.5. The fourth-order valence-electron chi connectivity index (χ4n) is 3.34. The number of rotatable bonds is 6. The molecule has 0 saturated carbocycles. The molecule has 0 spiro atoms. The van der Waals surface area contributed by atoms with Crippen LogP contribution in [0.15, 0.2) is 59.2 Å². The van der Waals surface area contributed by atoms with E-state index in [0.717, 1.165) is 36.7 Å². The first-order valence-corrected chi connectivity index (χ1v) is 8.91. The SMILES string of the molecule is O=C(C[C@@H](c1ccccc1)c1ccco1)NCc1cc2n(n1)CCNC2. The molecule has 134 valence electrons. The molecule has 0 radical (unpaired) electrons. The molecule has 1 aliphatic rings. The van der Waals surface area contributed by atoms with Crippen LogP contribution in [0.3, 0.4) is 0 Å². The molecule has 1 atom stereocenters. The summed E-state index contributed by atoms with van der Waals surface area (Å²) >= 11 is 0. The van der Waals surface area contributed by atoms with Crippen LogP contribution in [0.4, 0.5) is 0 Å². The van der Waals surface area contributed by atoms with E-state index in [2.05, 4.69) is 15.7 Å². The van der Waals surface area contributed by atoms with Crippen LogP contribution in [0, 0.1) is 0 Å². The maximum absolute atomic E-state index is 12.5. The molecule has 2 aromatic heterocycles. The molecule has 3 aromatic rings. The largest absolute Gasteiger partial charge is 0.469 e. The maximum atomic E-state index is 12.5. The van der Waals surface area contributed by atoms with Gasteiger partial charge in [0.2, 0.25) is 5.91 Å². The first-order valence-electron chi connectivity index (χ1n) is 8.91. The predicted octanol–water partition coefficient (Wildman–Crippen LogP) is 2.42. The van der Waals surface area contributed by atoms with Gasteiger partial charge in [-0.25, -0.2) is 0 Å². The van der Waals surface area contributed by atoms with Crippen molar-refractivity contribution in [3.8, 4) is 0 Å². The highest BCUT2D eigenvalue weighted by Gasteiger charge is 2.21. The van der Waals surface area contributed by atoms with Crippen molar-refractivity contribution in [2.45, 2.75) is 32.0 Å². The summed E-state index contributed by atoms with van der Waals surface area (Å²) in [4.78, 5) is 12.5. The van der Waals surface area contributed by atoms with E-state index < -0.39 is 0 Å². The fourth-order valence-corrected chi connectivity index (χ4v) is 3.34. The van der Waals surface area contributed by atoms with Gasteiger partial charge in [0.1, 0.15) is 5.76 Å². The lowest BCUT2D eigenvalue weighted by molar-refractivity contribution is -0.121. The van der Waals surface area contributed by atoms with E-state index in [0.29, 0.717) is 13.0 Å². The van der Waals surface area contributed by atoms with Crippen molar-refractivity contribution in [2.24, 2.45) is 0 Å². The van der Waals surface area contributed by atoms with Crippen molar-refractivity contribution in [1.82, 2.24) is 20.4 Å². The number of carbonyl (C=O) groups excluding carboxylic acids is 1. The Hall–Kier alpha value is -2.86. The van der Waals surface area contributed by atoms with Gasteiger partial charge >= 0.3 is 0 Å². The highest BCUT2D eigenvalue weighted by molar-refractivity contribution is 5.77. The van der Waals surface area contributed by atoms with E-state index in [9.17, 15) is 4.79 Å². The first kappa shape index (κ1) is 16.6. The molecule has 4 rings (SSSR count). The summed E-state index contributed by atoms with van der Waals surface area (Å²) in [6.07, 6.45) is 1.99. The Bertz CT molecular complexity index is 832. The number of aromatic nitrogens is 2. The molecule has 6 nitrogen and oxygen atoms in total. The van der Waals surface area contributed by atoms with Crippen LogP contribution >= 0.6 is 0 Å². The van der Waals surface area contributed by atoms with E-state index in [1.165, 1.54) is 5.69 Å². The molecule has 1 aliphatic heterocycles. The average Bonchev–Trinajstić information content (AvgIpc) is 3.34. The number of nitrogens with zero attached hydrogens (tertiary/aromatic N) is 2. The zero-order chi connectivity index (χ0) is 17.8. The standard InChI is InChI=1S/C20H22N4O2/c25-20(22-13-16-11-17-14-21-8-9-24(17)23-16)12-18(19-7-4-10-26-19)15-5-2-1-3-6-15/h1-7,10-11,18,21H,8-9,12-14H2,(H,22,25)/t18-/m0/s1. The number of nitrogens with one attached hydrogen (secondary N) is 2. The predicted molar refractivity (Wildman–Crippen MR) is 97.4 cm³/mol. The summed E-state index contributed by atoms with van der Waals surface area (Å²) in [6.45, 7) is 3.08. The molecular formula is C20H22N4O2. The van der Waals surface area contributed by atoms with E-state index in [4.69, 9.17) is 4.42 Å². The van der Waals surface area contributed by atoms with E-state index in [1.807, 2.05) is 53.2 Å². The quantitative estimate of drug-likeness (QED) is 0.716. The second-order valence-corrected chi connectivity index (χ2v) is 6.49. The molecule has 0 fully saturated rings. The number of hydrogen-bond acceptors (Lipinski definition) is 4. The normalized spacial score (nSPS) is 14.6. The Labute approximate surface area is 152 Å². The number of fused-ring (bicyclic) bond motifs is 1. The summed E-state index contributed by atoms with van der Waals surface area (Å²) in [5, 5.41) is 10.9. The smallest absolute Gasteiger partial charge is 0.221 e. The van der Waals surface area contributed by atoms with Crippen molar-refractivity contribution in [2.75, 3.05) is 6.54 Å². The van der Waals surface area contributed by atoms with Gasteiger partial charge < -0.3 is 15.1 Å². The Morgan fingerprint density at radius 2 is 2.15 bits per heavy atom. The van der Waals surface area contributed by atoms with Crippen LogP contribution in [0.25, 0.3) is 0 Å². The third-order valence-electron chi connectivity index (χ3n) is 4.67. The van der Waals surface area contributed by atoms with Crippen LogP contribution in [-0.2, 0) is 24.4 Å². The lowest BCUT2D eigenvalue weighted by Crippen LogP contribution is -2.28. The molecule has 26 heavy (non-hydrogen) atoms. The molecule has 3 heterocycles. The van der Waals surface area contributed by atoms with Crippen LogP contribution in [-0.4, -0.2) is 22.2 Å². The lowest BCUT2D eigenvalue weighted by atomic mass is 9.93. The van der Waals surface area contributed by atoms with Crippen LogP contribution < -0.4 is 10.6 Å². The summed E-state index contributed by atoms with van der Waals surface area (Å²) < 4.78 is 7.57. The molecule has 0 aliphatic carbocycles. The maximum Gasteiger partial charge on any atom is 0.221 e. The van der Waals surface area contributed by atoms with Gasteiger partial charge in [-0.1, -0.05) is 30.3 Å². The van der Waals surface area contributed by atoms with Crippen molar-refractivity contribution >= 4 is 5.91 Å². The zero-order valence-electron chi connectivity index (χ0n) is 14.5. The van der Waals surface area contributed by atoms with E-state index in [1.54, 1.807) is 6.26 Å². The number of benzene rings is 1. The first-order chi connectivity index (χ1) is 12.8. The highest BCUT2D eigenvalue weighted by atomic mass is 16.3. The fraction of sp³-hybridized carbons (Fsp3) is 0.300. The Morgan fingerprint density at radius 1 is 1.27 bits per heavy atom. The summed E-state index contributed by atoms with van der Waals surface area (Å²) in [6, 6.07) is 15.8. The van der Waals surface area contributed by atoms with Crippen molar-refractivity contribution in [3.05, 3.63) is 77.5 Å². The number of amides is 1. The van der Waals surface area contributed by atoms with Gasteiger partial charge in [0.05, 0.1) is 36.7 Å². The Balaban J connectivity index is 1.41. The highest BCUT2D eigenvalue weighted by Crippen LogP contribution is 2.28. The molecule has 2 N–H and O–H groups in total. The molecule has 0 saturated heterocycles. The Morgan fingerprint density at radius 3 is 2.92 bits per heavy atom. The minimum Gasteiger partial charge on any atom is -0.469 e. The molecule has 1 aromatic carbocycles. The van der Waals surface area contributed by atoms with Crippen molar-refractivity contribution in [3.63, 3.8) is 0 Å². The minimum absolute atomic E-state index is 0.0145. The molecule has 0 unspecified atom stereocenters. The van der Waals surface area contributed by atoms with Gasteiger partial charge in [-0.3, -0.25) is 9.48 Å². The van der Waals surface area contributed by atoms with Crippen LogP contribution in [0.1, 0.15) is 35.1 Å². The van der Waals surface area contributed by atoms with Gasteiger partial charge in [-0.05, 0) is 23.8 Å². The van der Waals surface area contributed by atoms with Gasteiger partial charge in [-0.15, -0.1) is 0 Å². The topological polar surface area (TPSA) is 72.1 Å². The summed E-state index contributed by atoms with van der Waals surface area (Å²) in [5.74, 6) is 0.694. The molecule has 0 bridgehead atoms. The van der Waals surface area contributed by atoms with E-state index in [-0.39, 0.29) is 11.8 Å². The Kier molecular flexibility index (Phi) is 4.84. The van der Waals surface area contributed by atoms with E-state index >= 15 is 0 Å². The minimum atomic E-state index is -0.0920. The number of furan rings is 1. The van der Waals surface area contributed by atoms with Gasteiger partial charge in [-0.2, -0.15) is 5.10 Å². The van der Waals surface area contributed by atoms with Crippen LogP contribution in [0.2, 0.25) is 0 Å². The van der Waals surface area contributed by atoms with Crippen molar-refractivity contribution in [1.29, 1.82) is 0 Å². The second-order valence-electron chi connectivity index (χ2n) is 6.49. The van der Waals surface area contributed by atoms with Gasteiger partial charge in [0.15, 0.2) is 0 Å². The molecule has 6 heteroatoms. The number of hydrogen-bond donors (Lipinski definition) is 2. The third kappa shape index (κ3) is 3.70. The monoisotopic (exact) mass is 350 g/mol. The number of carbonyl (C=O) groups is 1.